The van der Waals surface area contributed by atoms with Gasteiger partial charge in [0.15, 0.2) is 11.6 Å². The smallest absolute Gasteiger partial charge is 0.165 e. The van der Waals surface area contributed by atoms with Crippen molar-refractivity contribution in [1.82, 2.24) is 9.80 Å². The highest BCUT2D eigenvalue weighted by atomic mass is 19.1. The summed E-state index contributed by atoms with van der Waals surface area (Å²) in [5.74, 6) is -0.140. The largest absolute Gasteiger partial charge is 0.494 e. The molecule has 0 bridgehead atoms. The molecular formula is C16H25FN2O2. The molecule has 1 aliphatic heterocycles. The van der Waals surface area contributed by atoms with Crippen molar-refractivity contribution in [3.63, 3.8) is 0 Å². The van der Waals surface area contributed by atoms with Gasteiger partial charge in [-0.2, -0.15) is 0 Å². The average molecular weight is 296 g/mol. The molecule has 2 atom stereocenters. The van der Waals surface area contributed by atoms with Crippen LogP contribution in [0.2, 0.25) is 0 Å². The van der Waals surface area contributed by atoms with Crippen LogP contribution in [0.3, 0.4) is 0 Å². The molecule has 2 unspecified atom stereocenters. The minimum Gasteiger partial charge on any atom is -0.494 e. The van der Waals surface area contributed by atoms with Crippen molar-refractivity contribution in [2.24, 2.45) is 0 Å². The van der Waals surface area contributed by atoms with Crippen LogP contribution in [0.15, 0.2) is 18.2 Å². The predicted octanol–water partition coefficient (Wildman–Crippen LogP) is 1.37. The molecule has 0 aromatic heterocycles. The minimum atomic E-state index is -0.461. The van der Waals surface area contributed by atoms with Crippen molar-refractivity contribution >= 4 is 0 Å². The van der Waals surface area contributed by atoms with Gasteiger partial charge in [-0.3, -0.25) is 0 Å². The van der Waals surface area contributed by atoms with E-state index in [9.17, 15) is 9.50 Å². The molecule has 21 heavy (non-hydrogen) atoms. The Bertz CT molecular complexity index is 470. The maximum atomic E-state index is 13.7. The summed E-state index contributed by atoms with van der Waals surface area (Å²) in [7, 11) is 5.64. The minimum absolute atomic E-state index is 0.238. The fourth-order valence-electron chi connectivity index (χ4n) is 2.86. The Hall–Kier alpha value is -1.17. The van der Waals surface area contributed by atoms with Gasteiger partial charge in [0.1, 0.15) is 0 Å². The molecule has 4 nitrogen and oxygen atoms in total. The zero-order chi connectivity index (χ0) is 15.4. The summed E-state index contributed by atoms with van der Waals surface area (Å²) in [4.78, 5) is 4.57. The molecule has 0 radical (unpaired) electrons. The summed E-state index contributed by atoms with van der Waals surface area (Å²) >= 11 is 0. The van der Waals surface area contributed by atoms with Crippen LogP contribution >= 0.6 is 0 Å². The lowest BCUT2D eigenvalue weighted by Crippen LogP contribution is -2.51. The highest BCUT2D eigenvalue weighted by Gasteiger charge is 2.24. The highest BCUT2D eigenvalue weighted by Crippen LogP contribution is 2.20. The average Bonchev–Trinajstić information content (AvgIpc) is 2.43. The third kappa shape index (κ3) is 4.40. The maximum absolute atomic E-state index is 13.7. The number of aliphatic hydroxyl groups excluding tert-OH is 1. The summed E-state index contributed by atoms with van der Waals surface area (Å²) in [6.45, 7) is 3.04. The van der Waals surface area contributed by atoms with Gasteiger partial charge in [-0.25, -0.2) is 4.39 Å². The quantitative estimate of drug-likeness (QED) is 0.890. The van der Waals surface area contributed by atoms with Gasteiger partial charge in [0.05, 0.1) is 13.2 Å². The van der Waals surface area contributed by atoms with Crippen LogP contribution in [0.5, 0.6) is 5.75 Å². The second-order valence-electron chi connectivity index (χ2n) is 5.96. The molecule has 1 fully saturated rings. The Morgan fingerprint density at radius 2 is 2.14 bits per heavy atom. The molecule has 2 rings (SSSR count). The number of nitrogens with zero attached hydrogens (tertiary/aromatic N) is 2. The summed E-state index contributed by atoms with van der Waals surface area (Å²) in [6, 6.07) is 5.21. The first-order chi connectivity index (χ1) is 9.99. The molecule has 1 aromatic carbocycles. The summed E-state index contributed by atoms with van der Waals surface area (Å²) in [5.41, 5.74) is 0.799. The van der Waals surface area contributed by atoms with Crippen LogP contribution in [0.1, 0.15) is 12.0 Å². The van der Waals surface area contributed by atoms with Crippen molar-refractivity contribution in [2.75, 3.05) is 40.8 Å². The van der Waals surface area contributed by atoms with E-state index in [-0.39, 0.29) is 11.6 Å². The number of methoxy groups -OCH3 is 1. The Labute approximate surface area is 126 Å². The van der Waals surface area contributed by atoms with Gasteiger partial charge >= 0.3 is 0 Å². The zero-order valence-corrected chi connectivity index (χ0v) is 13.1. The molecule has 0 aliphatic carbocycles. The molecule has 1 aliphatic rings. The fourth-order valence-corrected chi connectivity index (χ4v) is 2.86. The van der Waals surface area contributed by atoms with E-state index < -0.39 is 6.10 Å². The normalized spacial score (nSPS) is 22.2. The molecular weight excluding hydrogens is 271 g/mol. The molecule has 5 heteroatoms. The van der Waals surface area contributed by atoms with E-state index in [1.807, 2.05) is 6.07 Å². The maximum Gasteiger partial charge on any atom is 0.165 e. The van der Waals surface area contributed by atoms with Gasteiger partial charge in [0.25, 0.3) is 0 Å². The van der Waals surface area contributed by atoms with Gasteiger partial charge < -0.3 is 19.6 Å². The van der Waals surface area contributed by atoms with Crippen molar-refractivity contribution in [2.45, 2.75) is 25.0 Å². The van der Waals surface area contributed by atoms with Gasteiger partial charge in [0.2, 0.25) is 0 Å². The molecule has 118 valence electrons. The van der Waals surface area contributed by atoms with E-state index in [0.29, 0.717) is 18.9 Å². The first-order valence-electron chi connectivity index (χ1n) is 7.39. The monoisotopic (exact) mass is 296 g/mol. The number of hydrogen-bond acceptors (Lipinski definition) is 4. The fraction of sp³-hybridized carbons (Fsp3) is 0.625. The van der Waals surface area contributed by atoms with Crippen molar-refractivity contribution in [3.05, 3.63) is 29.6 Å². The number of aliphatic hydroxyl groups is 1. The van der Waals surface area contributed by atoms with Crippen LogP contribution in [0.4, 0.5) is 4.39 Å². The molecule has 0 spiro atoms. The Kier molecular flexibility index (Phi) is 5.56. The molecule has 0 saturated carbocycles. The van der Waals surface area contributed by atoms with Crippen LogP contribution in [-0.4, -0.2) is 67.9 Å². The van der Waals surface area contributed by atoms with Gasteiger partial charge in [0, 0.05) is 25.7 Å². The third-order valence-corrected chi connectivity index (χ3v) is 4.21. The Morgan fingerprint density at radius 1 is 1.38 bits per heavy atom. The van der Waals surface area contributed by atoms with Gasteiger partial charge in [-0.15, -0.1) is 0 Å². The lowest BCUT2D eigenvalue weighted by Gasteiger charge is -2.38. The number of rotatable bonds is 5. The standard InChI is InChI=1S/C16H25FN2O2/c1-18-6-7-19(2)13(11-18)10-14(20)8-12-4-5-16(21-3)15(17)9-12/h4-5,9,13-14,20H,6-8,10-11H2,1-3H3. The van der Waals surface area contributed by atoms with Gasteiger partial charge in [-0.1, -0.05) is 6.07 Å². The molecule has 0 amide bonds. The SMILES string of the molecule is COc1ccc(CC(O)CC2CN(C)CCN2C)cc1F. The number of piperazine rings is 1. The topological polar surface area (TPSA) is 35.9 Å². The number of halogens is 1. The van der Waals surface area contributed by atoms with E-state index >= 15 is 0 Å². The van der Waals surface area contributed by atoms with Crippen molar-refractivity contribution < 1.29 is 14.2 Å². The second kappa shape index (κ2) is 7.20. The third-order valence-electron chi connectivity index (χ3n) is 4.21. The first-order valence-corrected chi connectivity index (χ1v) is 7.39. The van der Waals surface area contributed by atoms with E-state index in [1.165, 1.54) is 13.2 Å². The van der Waals surface area contributed by atoms with Crippen LogP contribution in [0.25, 0.3) is 0 Å². The van der Waals surface area contributed by atoms with Crippen molar-refractivity contribution in [3.8, 4) is 5.75 Å². The van der Waals surface area contributed by atoms with Gasteiger partial charge in [-0.05, 0) is 44.6 Å². The molecule has 1 N–H and O–H groups in total. The van der Waals surface area contributed by atoms with Crippen LogP contribution < -0.4 is 4.74 Å². The van der Waals surface area contributed by atoms with Crippen LogP contribution in [-0.2, 0) is 6.42 Å². The van der Waals surface area contributed by atoms with E-state index in [1.54, 1.807) is 6.07 Å². The number of benzene rings is 1. The Morgan fingerprint density at radius 3 is 2.81 bits per heavy atom. The molecule has 1 aromatic rings. The zero-order valence-electron chi connectivity index (χ0n) is 13.1. The first kappa shape index (κ1) is 16.2. The Balaban J connectivity index is 1.91. The summed E-state index contributed by atoms with van der Waals surface area (Å²) in [6.07, 6.45) is 0.709. The second-order valence-corrected chi connectivity index (χ2v) is 5.96. The lowest BCUT2D eigenvalue weighted by atomic mass is 9.99. The number of ether oxygens (including phenoxy) is 1. The summed E-state index contributed by atoms with van der Waals surface area (Å²) in [5, 5.41) is 10.3. The lowest BCUT2D eigenvalue weighted by molar-refractivity contribution is 0.0638. The highest BCUT2D eigenvalue weighted by molar-refractivity contribution is 5.29. The molecule has 1 heterocycles. The van der Waals surface area contributed by atoms with Crippen molar-refractivity contribution in [1.29, 1.82) is 0 Å². The summed E-state index contributed by atoms with van der Waals surface area (Å²) < 4.78 is 18.6. The van der Waals surface area contributed by atoms with E-state index in [2.05, 4.69) is 23.9 Å². The van der Waals surface area contributed by atoms with E-state index in [0.717, 1.165) is 25.2 Å². The molecule has 1 saturated heterocycles. The van der Waals surface area contributed by atoms with E-state index in [4.69, 9.17) is 4.74 Å². The number of hydrogen-bond donors (Lipinski definition) is 1. The predicted molar refractivity (Wildman–Crippen MR) is 81.2 cm³/mol. The number of likely N-dealkylation sites (N-methyl/N-ethyl adjacent to an activating group) is 2. The van der Waals surface area contributed by atoms with Crippen LogP contribution in [0, 0.1) is 5.82 Å².